The van der Waals surface area contributed by atoms with Gasteiger partial charge in [0, 0.05) is 16.8 Å². The smallest absolute Gasteiger partial charge is 0.257 e. The van der Waals surface area contributed by atoms with Crippen molar-refractivity contribution in [2.24, 2.45) is 0 Å². The summed E-state index contributed by atoms with van der Waals surface area (Å²) in [6, 6.07) is 21.0. The summed E-state index contributed by atoms with van der Waals surface area (Å²) in [7, 11) is 1.56. The number of rotatable bonds is 4. The molecule has 30 heavy (non-hydrogen) atoms. The number of carbonyl (C=O) groups is 1. The molecule has 1 heterocycles. The largest absolute Gasteiger partial charge is 0.497 e. The number of nitrogens with one attached hydrogen (secondary N) is 2. The van der Waals surface area contributed by atoms with E-state index in [4.69, 9.17) is 21.9 Å². The lowest BCUT2D eigenvalue weighted by atomic mass is 10.2. The van der Waals surface area contributed by atoms with E-state index in [0.29, 0.717) is 11.3 Å². The van der Waals surface area contributed by atoms with Gasteiger partial charge in [0.2, 0.25) is 0 Å². The van der Waals surface area contributed by atoms with E-state index in [9.17, 15) is 4.79 Å². The second kappa shape index (κ2) is 8.61. The summed E-state index contributed by atoms with van der Waals surface area (Å²) < 4.78 is 6.32. The van der Waals surface area contributed by atoms with Crippen LogP contribution in [0.15, 0.2) is 66.7 Å². The van der Waals surface area contributed by atoms with Crippen LogP contribution in [-0.2, 0) is 0 Å². The maximum atomic E-state index is 12.4. The number of fused-ring (bicyclic) bond motifs is 1. The van der Waals surface area contributed by atoms with Crippen LogP contribution in [0.1, 0.15) is 15.9 Å². The van der Waals surface area contributed by atoms with Crippen molar-refractivity contribution in [2.45, 2.75) is 6.92 Å². The van der Waals surface area contributed by atoms with Gasteiger partial charge in [0.1, 0.15) is 10.8 Å². The monoisotopic (exact) mass is 433 g/mol. The summed E-state index contributed by atoms with van der Waals surface area (Å²) in [4.78, 5) is 17.1. The summed E-state index contributed by atoms with van der Waals surface area (Å²) in [6.45, 7) is 2.08. The standard InChI is InChI=1S/C23H19N3O2S2/c1-14-6-11-19-20(12-14)30-22(25-19)15-7-9-17(10-8-15)24-23(29)26-21(27)16-4-3-5-18(13-16)28-2/h3-13H,1-2H3,(H2,24,26,27,29). The Balaban J connectivity index is 1.42. The molecule has 1 amide bonds. The van der Waals surface area contributed by atoms with Crippen molar-refractivity contribution < 1.29 is 9.53 Å². The van der Waals surface area contributed by atoms with Gasteiger partial charge in [-0.2, -0.15) is 0 Å². The Morgan fingerprint density at radius 2 is 1.87 bits per heavy atom. The minimum absolute atomic E-state index is 0.228. The molecule has 4 aromatic rings. The third-order valence-corrected chi connectivity index (χ3v) is 5.76. The first-order chi connectivity index (χ1) is 14.5. The Morgan fingerprint density at radius 1 is 1.07 bits per heavy atom. The van der Waals surface area contributed by atoms with Crippen LogP contribution in [-0.4, -0.2) is 23.1 Å². The lowest BCUT2D eigenvalue weighted by Crippen LogP contribution is -2.34. The normalized spacial score (nSPS) is 10.6. The van der Waals surface area contributed by atoms with Gasteiger partial charge in [-0.1, -0.05) is 12.1 Å². The molecule has 0 aliphatic heterocycles. The number of methoxy groups -OCH3 is 1. The molecule has 2 N–H and O–H groups in total. The molecular weight excluding hydrogens is 414 g/mol. The molecule has 0 radical (unpaired) electrons. The lowest BCUT2D eigenvalue weighted by Gasteiger charge is -2.10. The SMILES string of the molecule is COc1cccc(C(=O)NC(=S)Nc2ccc(-c3nc4ccc(C)cc4s3)cc2)c1. The lowest BCUT2D eigenvalue weighted by molar-refractivity contribution is 0.0977. The van der Waals surface area contributed by atoms with Crippen LogP contribution in [0.5, 0.6) is 5.75 Å². The number of anilines is 1. The third kappa shape index (κ3) is 4.48. The molecule has 150 valence electrons. The van der Waals surface area contributed by atoms with E-state index >= 15 is 0 Å². The molecule has 0 unspecified atom stereocenters. The summed E-state index contributed by atoms with van der Waals surface area (Å²) in [6.07, 6.45) is 0. The van der Waals surface area contributed by atoms with Gasteiger partial charge < -0.3 is 10.1 Å². The highest BCUT2D eigenvalue weighted by Gasteiger charge is 2.10. The number of hydrogen-bond acceptors (Lipinski definition) is 5. The number of carbonyl (C=O) groups excluding carboxylic acids is 1. The average molecular weight is 434 g/mol. The molecule has 7 heteroatoms. The van der Waals surface area contributed by atoms with Gasteiger partial charge in [-0.15, -0.1) is 11.3 Å². The van der Waals surface area contributed by atoms with Crippen molar-refractivity contribution in [3.8, 4) is 16.3 Å². The second-order valence-electron chi connectivity index (χ2n) is 6.71. The third-order valence-electron chi connectivity index (χ3n) is 4.49. The molecule has 0 bridgehead atoms. The summed E-state index contributed by atoms with van der Waals surface area (Å²) in [5, 5.41) is 6.91. The minimum atomic E-state index is -0.298. The number of hydrogen-bond donors (Lipinski definition) is 2. The van der Waals surface area contributed by atoms with E-state index in [1.165, 1.54) is 10.3 Å². The average Bonchev–Trinajstić information content (AvgIpc) is 3.17. The van der Waals surface area contributed by atoms with Gasteiger partial charge in [0.05, 0.1) is 17.3 Å². The minimum Gasteiger partial charge on any atom is -0.497 e. The Bertz CT molecular complexity index is 1230. The Labute approximate surface area is 183 Å². The molecule has 0 aliphatic rings. The fraction of sp³-hybridized carbons (Fsp3) is 0.0870. The highest BCUT2D eigenvalue weighted by molar-refractivity contribution is 7.80. The Hall–Kier alpha value is -3.29. The van der Waals surface area contributed by atoms with Gasteiger partial charge in [0.25, 0.3) is 5.91 Å². The first kappa shape index (κ1) is 20.0. The van der Waals surface area contributed by atoms with E-state index in [-0.39, 0.29) is 11.0 Å². The van der Waals surface area contributed by atoms with Crippen molar-refractivity contribution in [3.05, 3.63) is 77.9 Å². The quantitative estimate of drug-likeness (QED) is 0.422. The number of benzene rings is 3. The van der Waals surface area contributed by atoms with Crippen LogP contribution in [0.25, 0.3) is 20.8 Å². The number of thiazole rings is 1. The van der Waals surface area contributed by atoms with E-state index in [1.54, 1.807) is 42.7 Å². The first-order valence-corrected chi connectivity index (χ1v) is 10.5. The van der Waals surface area contributed by atoms with Crippen molar-refractivity contribution >= 4 is 50.5 Å². The molecule has 0 atom stereocenters. The number of aryl methyl sites for hydroxylation is 1. The molecule has 4 rings (SSSR count). The van der Waals surface area contributed by atoms with Crippen LogP contribution >= 0.6 is 23.6 Å². The Kier molecular flexibility index (Phi) is 5.74. The topological polar surface area (TPSA) is 63.2 Å². The molecule has 0 aliphatic carbocycles. The van der Waals surface area contributed by atoms with Crippen LogP contribution in [0, 0.1) is 6.92 Å². The van der Waals surface area contributed by atoms with Gasteiger partial charge in [-0.25, -0.2) is 4.98 Å². The van der Waals surface area contributed by atoms with Gasteiger partial charge in [-0.3, -0.25) is 10.1 Å². The van der Waals surface area contributed by atoms with Crippen molar-refractivity contribution in [1.29, 1.82) is 0 Å². The zero-order valence-electron chi connectivity index (χ0n) is 16.4. The molecule has 0 saturated carbocycles. The maximum absolute atomic E-state index is 12.4. The zero-order chi connectivity index (χ0) is 21.1. The van der Waals surface area contributed by atoms with E-state index in [1.807, 2.05) is 30.3 Å². The number of amides is 1. The van der Waals surface area contributed by atoms with Crippen LogP contribution in [0.3, 0.4) is 0 Å². The van der Waals surface area contributed by atoms with Crippen molar-refractivity contribution in [2.75, 3.05) is 12.4 Å². The predicted octanol–water partition coefficient (Wildman–Crippen LogP) is 5.41. The van der Waals surface area contributed by atoms with Crippen LogP contribution in [0.4, 0.5) is 5.69 Å². The van der Waals surface area contributed by atoms with Gasteiger partial charge >= 0.3 is 0 Å². The highest BCUT2D eigenvalue weighted by atomic mass is 32.1. The van der Waals surface area contributed by atoms with E-state index < -0.39 is 0 Å². The van der Waals surface area contributed by atoms with Crippen molar-refractivity contribution in [1.82, 2.24) is 10.3 Å². The molecule has 3 aromatic carbocycles. The number of ether oxygens (including phenoxy) is 1. The molecular formula is C23H19N3O2S2. The summed E-state index contributed by atoms with van der Waals surface area (Å²) in [5.74, 6) is 0.315. The van der Waals surface area contributed by atoms with Crippen LogP contribution in [0.2, 0.25) is 0 Å². The summed E-state index contributed by atoms with van der Waals surface area (Å²) >= 11 is 6.94. The molecule has 1 aromatic heterocycles. The number of aromatic nitrogens is 1. The second-order valence-corrected chi connectivity index (χ2v) is 8.15. The number of thiocarbonyl (C=S) groups is 1. The fourth-order valence-corrected chi connectivity index (χ4v) is 4.23. The van der Waals surface area contributed by atoms with Gasteiger partial charge in [0.15, 0.2) is 5.11 Å². The van der Waals surface area contributed by atoms with Crippen molar-refractivity contribution in [3.63, 3.8) is 0 Å². The fourth-order valence-electron chi connectivity index (χ4n) is 2.95. The maximum Gasteiger partial charge on any atom is 0.257 e. The molecule has 0 spiro atoms. The molecule has 5 nitrogen and oxygen atoms in total. The number of nitrogens with zero attached hydrogens (tertiary/aromatic N) is 1. The predicted molar refractivity (Wildman–Crippen MR) is 126 cm³/mol. The molecule has 0 fully saturated rings. The Morgan fingerprint density at radius 3 is 2.63 bits per heavy atom. The first-order valence-electron chi connectivity index (χ1n) is 9.26. The zero-order valence-corrected chi connectivity index (χ0v) is 18.1. The van der Waals surface area contributed by atoms with Crippen LogP contribution < -0.4 is 15.4 Å². The van der Waals surface area contributed by atoms with E-state index in [0.717, 1.165) is 21.8 Å². The molecule has 0 saturated heterocycles. The summed E-state index contributed by atoms with van der Waals surface area (Å²) in [5.41, 5.74) is 4.52. The van der Waals surface area contributed by atoms with Gasteiger partial charge in [-0.05, 0) is 79.3 Å². The van der Waals surface area contributed by atoms with E-state index in [2.05, 4.69) is 29.7 Å². The highest BCUT2D eigenvalue weighted by Crippen LogP contribution is 2.31.